The second kappa shape index (κ2) is 3.71. The maximum Gasteiger partial charge on any atom is 0.327 e. The van der Waals surface area contributed by atoms with Crippen molar-refractivity contribution in [2.45, 2.75) is 19.3 Å². The van der Waals surface area contributed by atoms with Crippen LogP contribution in [0.1, 0.15) is 19.3 Å². The van der Waals surface area contributed by atoms with Crippen LogP contribution in [0.15, 0.2) is 0 Å². The van der Waals surface area contributed by atoms with Gasteiger partial charge in [0.05, 0.1) is 0 Å². The van der Waals surface area contributed by atoms with Crippen molar-refractivity contribution >= 4 is 18.8 Å². The molecule has 3 nitrogen and oxygen atoms in total. The van der Waals surface area contributed by atoms with Crippen molar-refractivity contribution in [1.29, 1.82) is 0 Å². The molecule has 0 saturated carbocycles. The van der Waals surface area contributed by atoms with Gasteiger partial charge >= 0.3 is 6.03 Å². The minimum Gasteiger partial charge on any atom is -0.324 e. The molecule has 0 unspecified atom stereocenters. The summed E-state index contributed by atoms with van der Waals surface area (Å²) in [5.74, 6) is 0. The summed E-state index contributed by atoms with van der Waals surface area (Å²) < 4.78 is 2.32. The summed E-state index contributed by atoms with van der Waals surface area (Å²) in [5.41, 5.74) is 0. The molecule has 0 aromatic heterocycles. The lowest BCUT2D eigenvalue weighted by Crippen LogP contribution is -2.39. The molecule has 0 spiro atoms. The van der Waals surface area contributed by atoms with Crippen LogP contribution in [-0.2, 0) is 0 Å². The van der Waals surface area contributed by atoms with E-state index in [9.17, 15) is 4.79 Å². The van der Waals surface area contributed by atoms with Crippen LogP contribution in [0.25, 0.3) is 0 Å². The molecule has 0 aromatic rings. The van der Waals surface area contributed by atoms with Crippen molar-refractivity contribution in [2.75, 3.05) is 13.1 Å². The predicted molar refractivity (Wildman–Crippen MR) is 42.9 cm³/mol. The van der Waals surface area contributed by atoms with Crippen LogP contribution >= 0.6 is 12.8 Å². The summed E-state index contributed by atoms with van der Waals surface area (Å²) >= 11 is 3.68. The number of hydrogen-bond donors (Lipinski definition) is 2. The van der Waals surface area contributed by atoms with Gasteiger partial charge in [-0.25, -0.2) is 4.79 Å². The summed E-state index contributed by atoms with van der Waals surface area (Å²) in [5, 5.41) is 0. The molecule has 1 aliphatic rings. The first-order valence-electron chi connectivity index (χ1n) is 3.53. The fraction of sp³-hybridized carbons (Fsp3) is 0.833. The Kier molecular flexibility index (Phi) is 2.86. The summed E-state index contributed by atoms with van der Waals surface area (Å²) in [4.78, 5) is 12.7. The zero-order chi connectivity index (χ0) is 7.40. The van der Waals surface area contributed by atoms with Crippen LogP contribution in [-0.4, -0.2) is 24.0 Å². The topological polar surface area (TPSA) is 32.3 Å². The van der Waals surface area contributed by atoms with Gasteiger partial charge < -0.3 is 4.90 Å². The zero-order valence-corrected chi connectivity index (χ0v) is 6.73. The number of hydrogen-bond acceptors (Lipinski definition) is 2. The number of nitrogens with zero attached hydrogens (tertiary/aromatic N) is 1. The van der Waals surface area contributed by atoms with Gasteiger partial charge in [-0.05, 0) is 19.3 Å². The average molecular weight is 160 g/mol. The smallest absolute Gasteiger partial charge is 0.324 e. The van der Waals surface area contributed by atoms with Crippen molar-refractivity contribution in [1.82, 2.24) is 9.62 Å². The molecule has 1 aliphatic heterocycles. The largest absolute Gasteiger partial charge is 0.327 e. The van der Waals surface area contributed by atoms with Crippen molar-refractivity contribution in [3.8, 4) is 0 Å². The van der Waals surface area contributed by atoms with Crippen LogP contribution in [0, 0.1) is 0 Å². The normalized spacial score (nSPS) is 18.7. The van der Waals surface area contributed by atoms with E-state index in [2.05, 4.69) is 17.5 Å². The van der Waals surface area contributed by atoms with Crippen LogP contribution < -0.4 is 4.72 Å². The summed E-state index contributed by atoms with van der Waals surface area (Å²) in [6, 6.07) is -0.0666. The lowest BCUT2D eigenvalue weighted by atomic mass is 10.1. The third-order valence-corrected chi connectivity index (χ3v) is 1.93. The van der Waals surface area contributed by atoms with Gasteiger partial charge in [0.15, 0.2) is 0 Å². The van der Waals surface area contributed by atoms with E-state index in [1.807, 2.05) is 0 Å². The maximum absolute atomic E-state index is 10.9. The van der Waals surface area contributed by atoms with Crippen LogP contribution in [0.2, 0.25) is 0 Å². The van der Waals surface area contributed by atoms with E-state index in [0.29, 0.717) is 0 Å². The minimum atomic E-state index is -0.0666. The second-order valence-corrected chi connectivity index (χ2v) is 2.69. The van der Waals surface area contributed by atoms with E-state index in [0.717, 1.165) is 25.9 Å². The molecule has 1 rings (SSSR count). The number of urea groups is 1. The molecule has 4 heteroatoms. The molecule has 2 amide bonds. The Morgan fingerprint density at radius 1 is 1.30 bits per heavy atom. The van der Waals surface area contributed by atoms with Crippen LogP contribution in [0.3, 0.4) is 0 Å². The van der Waals surface area contributed by atoms with E-state index < -0.39 is 0 Å². The third-order valence-electron chi connectivity index (χ3n) is 1.74. The standard InChI is InChI=1S/C6H12N2OS/c9-6(7-10)8-4-2-1-3-5-8/h10H,1-5H2,(H,7,9). The van der Waals surface area contributed by atoms with E-state index in [1.54, 1.807) is 4.90 Å². The highest BCUT2D eigenvalue weighted by molar-refractivity contribution is 7.78. The van der Waals surface area contributed by atoms with Gasteiger partial charge in [0.25, 0.3) is 0 Å². The molecule has 1 saturated heterocycles. The SMILES string of the molecule is O=C(NS)N1CCCCC1. The Hall–Kier alpha value is -0.380. The highest BCUT2D eigenvalue weighted by Gasteiger charge is 2.14. The van der Waals surface area contributed by atoms with Gasteiger partial charge in [0, 0.05) is 13.1 Å². The Morgan fingerprint density at radius 3 is 2.40 bits per heavy atom. The Bertz CT molecular complexity index is 123. The van der Waals surface area contributed by atoms with Crippen LogP contribution in [0.5, 0.6) is 0 Å². The molecule has 0 aliphatic carbocycles. The van der Waals surface area contributed by atoms with Gasteiger partial charge in [-0.15, -0.1) is 0 Å². The van der Waals surface area contributed by atoms with Crippen molar-refractivity contribution in [2.24, 2.45) is 0 Å². The number of likely N-dealkylation sites (tertiary alicyclic amines) is 1. The minimum absolute atomic E-state index is 0.0666. The maximum atomic E-state index is 10.9. The molecule has 1 heterocycles. The van der Waals surface area contributed by atoms with Gasteiger partial charge in [0.1, 0.15) is 0 Å². The molecule has 1 fully saturated rings. The first kappa shape index (κ1) is 7.72. The highest BCUT2D eigenvalue weighted by atomic mass is 32.1. The van der Waals surface area contributed by atoms with E-state index in [1.165, 1.54) is 6.42 Å². The molecule has 0 aromatic carbocycles. The van der Waals surface area contributed by atoms with Crippen molar-refractivity contribution in [3.63, 3.8) is 0 Å². The molecule has 1 N–H and O–H groups in total. The van der Waals surface area contributed by atoms with Gasteiger partial charge in [0.2, 0.25) is 0 Å². The van der Waals surface area contributed by atoms with E-state index in [4.69, 9.17) is 0 Å². The second-order valence-electron chi connectivity index (χ2n) is 2.46. The lowest BCUT2D eigenvalue weighted by Gasteiger charge is -2.25. The first-order chi connectivity index (χ1) is 4.84. The number of carbonyl (C=O) groups is 1. The predicted octanol–water partition coefficient (Wildman–Crippen LogP) is 1.03. The lowest BCUT2D eigenvalue weighted by molar-refractivity contribution is 0.193. The molecule has 0 radical (unpaired) electrons. The Morgan fingerprint density at radius 2 is 1.90 bits per heavy atom. The molecule has 58 valence electrons. The number of amides is 2. The van der Waals surface area contributed by atoms with Crippen molar-refractivity contribution < 1.29 is 4.79 Å². The van der Waals surface area contributed by atoms with Gasteiger partial charge in [-0.1, -0.05) is 12.8 Å². The number of thiol groups is 1. The Balaban J connectivity index is 2.31. The van der Waals surface area contributed by atoms with Gasteiger partial charge in [-0.3, -0.25) is 4.72 Å². The van der Waals surface area contributed by atoms with Crippen LogP contribution in [0.4, 0.5) is 4.79 Å². The van der Waals surface area contributed by atoms with E-state index in [-0.39, 0.29) is 6.03 Å². The summed E-state index contributed by atoms with van der Waals surface area (Å²) in [6.45, 7) is 1.76. The molecule has 0 bridgehead atoms. The zero-order valence-electron chi connectivity index (χ0n) is 5.84. The fourth-order valence-corrected chi connectivity index (χ4v) is 1.31. The number of rotatable bonds is 0. The van der Waals surface area contributed by atoms with E-state index >= 15 is 0 Å². The first-order valence-corrected chi connectivity index (χ1v) is 3.98. The third kappa shape index (κ3) is 1.80. The number of carbonyl (C=O) groups excluding carboxylic acids is 1. The number of piperidine rings is 1. The average Bonchev–Trinajstić information content (AvgIpc) is 2.05. The van der Waals surface area contributed by atoms with Gasteiger partial charge in [-0.2, -0.15) is 0 Å². The molecule has 10 heavy (non-hydrogen) atoms. The monoisotopic (exact) mass is 160 g/mol. The molecule has 0 atom stereocenters. The molecular weight excluding hydrogens is 148 g/mol. The summed E-state index contributed by atoms with van der Waals surface area (Å²) in [7, 11) is 0. The highest BCUT2D eigenvalue weighted by Crippen LogP contribution is 2.08. The fourth-order valence-electron chi connectivity index (χ4n) is 1.17. The van der Waals surface area contributed by atoms with Crippen molar-refractivity contribution in [3.05, 3.63) is 0 Å². The number of nitrogens with one attached hydrogen (secondary N) is 1. The molecular formula is C6H12N2OS. The quantitative estimate of drug-likeness (QED) is 0.510. The summed E-state index contributed by atoms with van der Waals surface area (Å²) in [6.07, 6.45) is 3.50. The Labute approximate surface area is 66.3 Å².